The minimum atomic E-state index is -0.150. The number of para-hydroxylation sites is 2. The monoisotopic (exact) mass is 754 g/mol. The molecule has 2 nitrogen and oxygen atoms in total. The Morgan fingerprint density at radius 1 is 0.356 bits per heavy atom. The second kappa shape index (κ2) is 13.9. The van der Waals surface area contributed by atoms with E-state index < -0.39 is 0 Å². The molecule has 1 aliphatic rings. The van der Waals surface area contributed by atoms with Gasteiger partial charge in [-0.3, -0.25) is 0 Å². The van der Waals surface area contributed by atoms with Crippen molar-refractivity contribution in [1.82, 2.24) is 4.57 Å². The predicted molar refractivity (Wildman–Crippen MR) is 249 cm³/mol. The van der Waals surface area contributed by atoms with Gasteiger partial charge in [0.25, 0.3) is 0 Å². The standard InChI is InChI=1S/C57H42N2/c1-57(2)49-29-14-11-27-48(49)56-50(57)30-18-34-54(56)59(42-37-35-41(36-38-42)58-51-31-15-12-24-45(51)46-25-13-16-32-52(46)58)53-33-17-28-44(40-21-7-4-8-22-40)55(53)47-26-10-9-23-43(47)39-19-5-3-6-20-39/h3-38H,1-2H3. The van der Waals surface area contributed by atoms with Crippen molar-refractivity contribution in [3.05, 3.63) is 230 Å². The number of hydrogen-bond acceptors (Lipinski definition) is 1. The van der Waals surface area contributed by atoms with Gasteiger partial charge in [-0.1, -0.05) is 184 Å². The van der Waals surface area contributed by atoms with Crippen molar-refractivity contribution in [1.29, 1.82) is 0 Å². The van der Waals surface area contributed by atoms with E-state index in [1.807, 2.05) is 0 Å². The molecule has 2 heteroatoms. The average molecular weight is 755 g/mol. The van der Waals surface area contributed by atoms with Gasteiger partial charge >= 0.3 is 0 Å². The number of anilines is 3. The Balaban J connectivity index is 1.21. The summed E-state index contributed by atoms with van der Waals surface area (Å²) >= 11 is 0. The minimum Gasteiger partial charge on any atom is -0.309 e. The number of nitrogens with zero attached hydrogens (tertiary/aromatic N) is 2. The van der Waals surface area contributed by atoms with Crippen LogP contribution in [0, 0.1) is 0 Å². The third-order valence-corrected chi connectivity index (χ3v) is 12.4. The molecule has 59 heavy (non-hydrogen) atoms. The fraction of sp³-hybridized carbons (Fsp3) is 0.0526. The number of rotatable bonds is 7. The van der Waals surface area contributed by atoms with Gasteiger partial charge in [0.05, 0.1) is 22.4 Å². The highest BCUT2D eigenvalue weighted by Crippen LogP contribution is 2.56. The van der Waals surface area contributed by atoms with Crippen LogP contribution in [0.25, 0.3) is 72.0 Å². The van der Waals surface area contributed by atoms with Crippen molar-refractivity contribution in [2.75, 3.05) is 4.90 Å². The van der Waals surface area contributed by atoms with Crippen molar-refractivity contribution in [3.8, 4) is 50.2 Å². The molecule has 10 aromatic rings. The molecule has 11 rings (SSSR count). The van der Waals surface area contributed by atoms with Gasteiger partial charge in [0.1, 0.15) is 0 Å². The Hall–Kier alpha value is -7.42. The lowest BCUT2D eigenvalue weighted by atomic mass is 9.82. The highest BCUT2D eigenvalue weighted by Gasteiger charge is 2.38. The first-order valence-electron chi connectivity index (χ1n) is 20.5. The van der Waals surface area contributed by atoms with Crippen LogP contribution in [0.5, 0.6) is 0 Å². The van der Waals surface area contributed by atoms with Crippen LogP contribution in [0.4, 0.5) is 17.1 Å². The number of hydrogen-bond donors (Lipinski definition) is 0. The van der Waals surface area contributed by atoms with Crippen molar-refractivity contribution < 1.29 is 0 Å². The summed E-state index contributed by atoms with van der Waals surface area (Å²) in [5.41, 5.74) is 19.2. The van der Waals surface area contributed by atoms with E-state index in [2.05, 4.69) is 242 Å². The Bertz CT molecular complexity index is 3120. The van der Waals surface area contributed by atoms with Crippen molar-refractivity contribution in [2.45, 2.75) is 19.3 Å². The lowest BCUT2D eigenvalue weighted by Crippen LogP contribution is -2.16. The molecule has 0 saturated heterocycles. The Morgan fingerprint density at radius 2 is 0.831 bits per heavy atom. The highest BCUT2D eigenvalue weighted by atomic mass is 15.1. The SMILES string of the molecule is CC1(C)c2ccccc2-c2c(N(c3ccc(-n4c5ccccc5c5ccccc54)cc3)c3cccc(-c4ccccc4)c3-c3ccccc3-c3ccccc3)cccc21. The summed E-state index contributed by atoms with van der Waals surface area (Å²) in [7, 11) is 0. The van der Waals surface area contributed by atoms with Crippen LogP contribution in [0.2, 0.25) is 0 Å². The van der Waals surface area contributed by atoms with Gasteiger partial charge in [-0.25, -0.2) is 0 Å². The van der Waals surface area contributed by atoms with Gasteiger partial charge < -0.3 is 9.47 Å². The molecule has 0 saturated carbocycles. The maximum absolute atomic E-state index is 2.52. The van der Waals surface area contributed by atoms with Crippen LogP contribution < -0.4 is 4.90 Å². The molecule has 1 aromatic heterocycles. The van der Waals surface area contributed by atoms with Crippen LogP contribution >= 0.6 is 0 Å². The molecule has 0 radical (unpaired) electrons. The predicted octanol–water partition coefficient (Wildman–Crippen LogP) is 15.6. The molecule has 1 aliphatic carbocycles. The molecule has 9 aromatic carbocycles. The maximum Gasteiger partial charge on any atom is 0.0546 e. The Morgan fingerprint density at radius 3 is 1.49 bits per heavy atom. The van der Waals surface area contributed by atoms with Crippen LogP contribution in [-0.2, 0) is 5.41 Å². The average Bonchev–Trinajstić information content (AvgIpc) is 3.76. The molecule has 0 amide bonds. The summed E-state index contributed by atoms with van der Waals surface area (Å²) in [6.45, 7) is 4.73. The summed E-state index contributed by atoms with van der Waals surface area (Å²) in [4.78, 5) is 2.52. The number of benzene rings is 9. The lowest BCUT2D eigenvalue weighted by molar-refractivity contribution is 0.660. The lowest BCUT2D eigenvalue weighted by Gasteiger charge is -2.32. The molecule has 0 atom stereocenters. The van der Waals surface area contributed by atoms with E-state index in [1.165, 1.54) is 77.4 Å². The largest absolute Gasteiger partial charge is 0.309 e. The van der Waals surface area contributed by atoms with Gasteiger partial charge in [-0.15, -0.1) is 0 Å². The van der Waals surface area contributed by atoms with Crippen LogP contribution in [0.3, 0.4) is 0 Å². The first-order valence-corrected chi connectivity index (χ1v) is 20.5. The fourth-order valence-corrected chi connectivity index (χ4v) is 9.72. The molecule has 0 spiro atoms. The molecular weight excluding hydrogens is 713 g/mol. The van der Waals surface area contributed by atoms with E-state index in [0.717, 1.165) is 22.7 Å². The zero-order valence-corrected chi connectivity index (χ0v) is 33.2. The van der Waals surface area contributed by atoms with E-state index in [1.54, 1.807) is 0 Å². The van der Waals surface area contributed by atoms with Crippen molar-refractivity contribution in [3.63, 3.8) is 0 Å². The first kappa shape index (κ1) is 34.8. The molecule has 1 heterocycles. The first-order chi connectivity index (χ1) is 29.1. The smallest absolute Gasteiger partial charge is 0.0546 e. The summed E-state index contributed by atoms with van der Waals surface area (Å²) in [5.74, 6) is 0. The van der Waals surface area contributed by atoms with Crippen LogP contribution in [0.1, 0.15) is 25.0 Å². The summed E-state index contributed by atoms with van der Waals surface area (Å²) in [6, 6.07) is 79.9. The quantitative estimate of drug-likeness (QED) is 0.157. The second-order valence-corrected chi connectivity index (χ2v) is 16.1. The normalized spacial score (nSPS) is 12.7. The van der Waals surface area contributed by atoms with E-state index in [4.69, 9.17) is 0 Å². The van der Waals surface area contributed by atoms with Gasteiger partial charge in [0.15, 0.2) is 0 Å². The zero-order chi connectivity index (χ0) is 39.5. The number of fused-ring (bicyclic) bond motifs is 6. The summed E-state index contributed by atoms with van der Waals surface area (Å²) in [6.07, 6.45) is 0. The molecule has 0 N–H and O–H groups in total. The molecule has 280 valence electrons. The fourth-order valence-electron chi connectivity index (χ4n) is 9.72. The summed E-state index contributed by atoms with van der Waals surface area (Å²) in [5, 5.41) is 2.52. The topological polar surface area (TPSA) is 8.17 Å². The Labute approximate surface area is 345 Å². The van der Waals surface area contributed by atoms with E-state index >= 15 is 0 Å². The third kappa shape index (κ3) is 5.56. The molecular formula is C57H42N2. The highest BCUT2D eigenvalue weighted by molar-refractivity contribution is 6.09. The van der Waals surface area contributed by atoms with Crippen LogP contribution in [-0.4, -0.2) is 4.57 Å². The van der Waals surface area contributed by atoms with Gasteiger partial charge in [0, 0.05) is 38.7 Å². The number of aromatic nitrogens is 1. The minimum absolute atomic E-state index is 0.150. The van der Waals surface area contributed by atoms with E-state index in [9.17, 15) is 0 Å². The van der Waals surface area contributed by atoms with E-state index in [-0.39, 0.29) is 5.41 Å². The second-order valence-electron chi connectivity index (χ2n) is 16.1. The van der Waals surface area contributed by atoms with Gasteiger partial charge in [-0.2, -0.15) is 0 Å². The van der Waals surface area contributed by atoms with Crippen LogP contribution in [0.15, 0.2) is 218 Å². The molecule has 0 aliphatic heterocycles. The Kier molecular flexibility index (Phi) is 8.20. The molecule has 0 bridgehead atoms. The summed E-state index contributed by atoms with van der Waals surface area (Å²) < 4.78 is 2.40. The van der Waals surface area contributed by atoms with Crippen molar-refractivity contribution >= 4 is 38.9 Å². The van der Waals surface area contributed by atoms with Gasteiger partial charge in [-0.05, 0) is 93.0 Å². The molecule has 0 unspecified atom stereocenters. The zero-order valence-electron chi connectivity index (χ0n) is 33.2. The van der Waals surface area contributed by atoms with Gasteiger partial charge in [0.2, 0.25) is 0 Å². The maximum atomic E-state index is 2.52. The van der Waals surface area contributed by atoms with Crippen molar-refractivity contribution in [2.24, 2.45) is 0 Å². The molecule has 0 fully saturated rings. The third-order valence-electron chi connectivity index (χ3n) is 12.4. The van der Waals surface area contributed by atoms with E-state index in [0.29, 0.717) is 0 Å².